The second kappa shape index (κ2) is 5.60. The molecule has 0 aliphatic heterocycles. The van der Waals surface area contributed by atoms with Crippen molar-refractivity contribution in [3.05, 3.63) is 59.2 Å². The SMILES string of the molecule is O=C(NCCc1ccc(F)c(F)c1F)c1ccc[nH]1. The topological polar surface area (TPSA) is 44.9 Å². The van der Waals surface area contributed by atoms with Crippen molar-refractivity contribution in [1.82, 2.24) is 10.3 Å². The van der Waals surface area contributed by atoms with E-state index in [1.54, 1.807) is 18.3 Å². The van der Waals surface area contributed by atoms with Crippen molar-refractivity contribution >= 4 is 5.91 Å². The minimum absolute atomic E-state index is 0.0192. The van der Waals surface area contributed by atoms with Gasteiger partial charge >= 0.3 is 0 Å². The second-order valence-corrected chi connectivity index (χ2v) is 3.92. The van der Waals surface area contributed by atoms with E-state index in [0.717, 1.165) is 12.1 Å². The van der Waals surface area contributed by atoms with E-state index in [1.165, 1.54) is 0 Å². The van der Waals surface area contributed by atoms with Crippen LogP contribution in [-0.4, -0.2) is 17.4 Å². The van der Waals surface area contributed by atoms with Crippen molar-refractivity contribution < 1.29 is 18.0 Å². The Hall–Kier alpha value is -2.24. The van der Waals surface area contributed by atoms with Gasteiger partial charge < -0.3 is 10.3 Å². The maximum atomic E-state index is 13.3. The van der Waals surface area contributed by atoms with Crippen molar-refractivity contribution in [3.8, 4) is 0 Å². The molecule has 0 atom stereocenters. The predicted octanol–water partition coefficient (Wildman–Crippen LogP) is 2.40. The summed E-state index contributed by atoms with van der Waals surface area (Å²) in [4.78, 5) is 14.2. The molecule has 1 amide bonds. The molecule has 2 N–H and O–H groups in total. The lowest BCUT2D eigenvalue weighted by molar-refractivity contribution is 0.0949. The van der Waals surface area contributed by atoms with Gasteiger partial charge in [-0.25, -0.2) is 13.2 Å². The van der Waals surface area contributed by atoms with E-state index in [2.05, 4.69) is 10.3 Å². The molecule has 0 unspecified atom stereocenters. The van der Waals surface area contributed by atoms with Gasteiger partial charge in [-0.2, -0.15) is 0 Å². The van der Waals surface area contributed by atoms with Crippen LogP contribution in [0.4, 0.5) is 13.2 Å². The van der Waals surface area contributed by atoms with Gasteiger partial charge in [0.25, 0.3) is 5.91 Å². The normalized spacial score (nSPS) is 10.5. The van der Waals surface area contributed by atoms with Gasteiger partial charge in [0.05, 0.1) is 0 Å². The first-order valence-electron chi connectivity index (χ1n) is 5.63. The molecule has 1 aromatic carbocycles. The molecule has 0 aliphatic carbocycles. The first kappa shape index (κ1) is 13.2. The number of aromatic amines is 1. The first-order valence-corrected chi connectivity index (χ1v) is 5.63. The monoisotopic (exact) mass is 268 g/mol. The number of rotatable bonds is 4. The molecule has 0 radical (unpaired) electrons. The molecule has 3 nitrogen and oxygen atoms in total. The third-order valence-corrected chi connectivity index (χ3v) is 2.64. The van der Waals surface area contributed by atoms with Crippen LogP contribution in [0.5, 0.6) is 0 Å². The number of nitrogens with one attached hydrogen (secondary N) is 2. The van der Waals surface area contributed by atoms with Crippen molar-refractivity contribution in [3.63, 3.8) is 0 Å². The molecule has 0 saturated carbocycles. The third-order valence-electron chi connectivity index (χ3n) is 2.64. The molecular formula is C13H11F3N2O. The third kappa shape index (κ3) is 2.96. The maximum absolute atomic E-state index is 13.3. The number of H-pyrrole nitrogens is 1. The number of amides is 1. The standard InChI is InChI=1S/C13H11F3N2O/c14-9-4-3-8(11(15)12(9)16)5-7-18-13(19)10-2-1-6-17-10/h1-4,6,17H,5,7H2,(H,18,19). The van der Waals surface area contributed by atoms with Gasteiger partial charge in [0, 0.05) is 12.7 Å². The van der Waals surface area contributed by atoms with E-state index in [9.17, 15) is 18.0 Å². The maximum Gasteiger partial charge on any atom is 0.267 e. The minimum atomic E-state index is -1.49. The molecule has 1 heterocycles. The van der Waals surface area contributed by atoms with Crippen LogP contribution in [-0.2, 0) is 6.42 Å². The van der Waals surface area contributed by atoms with Crippen LogP contribution < -0.4 is 5.32 Å². The van der Waals surface area contributed by atoms with E-state index in [0.29, 0.717) is 5.69 Å². The number of hydrogen-bond acceptors (Lipinski definition) is 1. The Morgan fingerprint density at radius 3 is 2.63 bits per heavy atom. The van der Waals surface area contributed by atoms with Crippen LogP contribution in [0, 0.1) is 17.5 Å². The highest BCUT2D eigenvalue weighted by Crippen LogP contribution is 2.15. The van der Waals surface area contributed by atoms with E-state index in [4.69, 9.17) is 0 Å². The zero-order chi connectivity index (χ0) is 13.8. The van der Waals surface area contributed by atoms with Crippen molar-refractivity contribution in [1.29, 1.82) is 0 Å². The fourth-order valence-electron chi connectivity index (χ4n) is 1.64. The molecule has 1 aromatic heterocycles. The van der Waals surface area contributed by atoms with E-state index in [1.807, 2.05) is 0 Å². The van der Waals surface area contributed by atoms with Crippen LogP contribution in [0.3, 0.4) is 0 Å². The zero-order valence-corrected chi connectivity index (χ0v) is 9.84. The molecule has 2 aromatic rings. The van der Waals surface area contributed by atoms with Gasteiger partial charge in [0.2, 0.25) is 0 Å². The van der Waals surface area contributed by atoms with Crippen LogP contribution >= 0.6 is 0 Å². The van der Waals surface area contributed by atoms with E-state index in [-0.39, 0.29) is 24.4 Å². The molecule has 0 fully saturated rings. The Morgan fingerprint density at radius 2 is 1.95 bits per heavy atom. The van der Waals surface area contributed by atoms with Gasteiger partial charge in [-0.05, 0) is 30.2 Å². The molecule has 100 valence electrons. The summed E-state index contributed by atoms with van der Waals surface area (Å²) >= 11 is 0. The number of benzene rings is 1. The highest BCUT2D eigenvalue weighted by Gasteiger charge is 2.13. The van der Waals surface area contributed by atoms with Crippen LogP contribution in [0.2, 0.25) is 0 Å². The molecule has 19 heavy (non-hydrogen) atoms. The zero-order valence-electron chi connectivity index (χ0n) is 9.84. The predicted molar refractivity (Wildman–Crippen MR) is 63.1 cm³/mol. The summed E-state index contributed by atoms with van der Waals surface area (Å²) in [5.74, 6) is -4.27. The Balaban J connectivity index is 1.93. The molecule has 0 spiro atoms. The Morgan fingerprint density at radius 1 is 1.16 bits per heavy atom. The first-order chi connectivity index (χ1) is 9.09. The summed E-state index contributed by atoms with van der Waals surface area (Å²) < 4.78 is 39.0. The van der Waals surface area contributed by atoms with Gasteiger partial charge in [-0.1, -0.05) is 6.07 Å². The average Bonchev–Trinajstić information content (AvgIpc) is 2.92. The number of aromatic nitrogens is 1. The lowest BCUT2D eigenvalue weighted by Gasteiger charge is -2.06. The summed E-state index contributed by atoms with van der Waals surface area (Å²) in [6.45, 7) is 0.125. The summed E-state index contributed by atoms with van der Waals surface area (Å²) in [5, 5.41) is 2.54. The van der Waals surface area contributed by atoms with Crippen LogP contribution in [0.1, 0.15) is 16.1 Å². The van der Waals surface area contributed by atoms with Crippen LogP contribution in [0.15, 0.2) is 30.5 Å². The fourth-order valence-corrected chi connectivity index (χ4v) is 1.64. The van der Waals surface area contributed by atoms with Crippen molar-refractivity contribution in [2.75, 3.05) is 6.54 Å². The van der Waals surface area contributed by atoms with Gasteiger partial charge in [0.15, 0.2) is 17.5 Å². The lowest BCUT2D eigenvalue weighted by atomic mass is 10.1. The smallest absolute Gasteiger partial charge is 0.267 e. The second-order valence-electron chi connectivity index (χ2n) is 3.92. The van der Waals surface area contributed by atoms with E-state index >= 15 is 0 Å². The highest BCUT2D eigenvalue weighted by atomic mass is 19.2. The summed E-state index contributed by atoms with van der Waals surface area (Å²) in [5.41, 5.74) is 0.399. The number of halogens is 3. The Bertz CT molecular complexity index is 582. The summed E-state index contributed by atoms with van der Waals surface area (Å²) in [6, 6.07) is 5.28. The lowest BCUT2D eigenvalue weighted by Crippen LogP contribution is -2.26. The quantitative estimate of drug-likeness (QED) is 0.822. The van der Waals surface area contributed by atoms with Crippen molar-refractivity contribution in [2.24, 2.45) is 0 Å². The fraction of sp³-hybridized carbons (Fsp3) is 0.154. The number of carbonyl (C=O) groups excluding carboxylic acids is 1. The van der Waals surface area contributed by atoms with E-state index < -0.39 is 17.5 Å². The molecule has 0 bridgehead atoms. The molecule has 0 saturated heterocycles. The minimum Gasteiger partial charge on any atom is -0.357 e. The molecule has 0 aliphatic rings. The molecule has 2 rings (SSSR count). The molecule has 6 heteroatoms. The van der Waals surface area contributed by atoms with Crippen LogP contribution in [0.25, 0.3) is 0 Å². The van der Waals surface area contributed by atoms with Gasteiger partial charge in [-0.3, -0.25) is 4.79 Å². The van der Waals surface area contributed by atoms with Gasteiger partial charge in [-0.15, -0.1) is 0 Å². The Labute approximate surface area is 107 Å². The Kier molecular flexibility index (Phi) is 3.89. The highest BCUT2D eigenvalue weighted by molar-refractivity contribution is 5.92. The summed E-state index contributed by atoms with van der Waals surface area (Å²) in [7, 11) is 0. The molecular weight excluding hydrogens is 257 g/mol. The largest absolute Gasteiger partial charge is 0.357 e. The number of carbonyl (C=O) groups is 1. The number of hydrogen-bond donors (Lipinski definition) is 2. The average molecular weight is 268 g/mol. The summed E-state index contributed by atoms with van der Waals surface area (Å²) in [6.07, 6.45) is 1.68. The van der Waals surface area contributed by atoms with Crippen molar-refractivity contribution in [2.45, 2.75) is 6.42 Å². The van der Waals surface area contributed by atoms with Gasteiger partial charge in [0.1, 0.15) is 5.69 Å².